The molecule has 6 heteroatoms. The monoisotopic (exact) mass is 277 g/mol. The second kappa shape index (κ2) is 3.41. The Morgan fingerprint density at radius 3 is 2.94 bits per heavy atom. The fourth-order valence-corrected chi connectivity index (χ4v) is 2.13. The van der Waals surface area contributed by atoms with Crippen molar-refractivity contribution in [3.63, 3.8) is 0 Å². The van der Waals surface area contributed by atoms with Gasteiger partial charge in [-0.3, -0.25) is 9.67 Å². The Bertz CT molecular complexity index is 654. The van der Waals surface area contributed by atoms with Gasteiger partial charge in [-0.1, -0.05) is 0 Å². The molecule has 80 valence electrons. The fraction of sp³-hybridized carbons (Fsp3) is 0.100. The summed E-state index contributed by atoms with van der Waals surface area (Å²) in [6.07, 6.45) is 7.22. The van der Waals surface area contributed by atoms with Crippen molar-refractivity contribution < 1.29 is 0 Å². The number of aryl methyl sites for hydroxylation is 1. The Balaban J connectivity index is 2.32. The largest absolute Gasteiger partial charge is 0.274 e. The maximum atomic E-state index is 4.41. The minimum atomic E-state index is 0.814. The number of aromatic nitrogens is 5. The number of rotatable bonds is 1. The van der Waals surface area contributed by atoms with Crippen LogP contribution in [-0.4, -0.2) is 24.5 Å². The van der Waals surface area contributed by atoms with Crippen LogP contribution in [0.4, 0.5) is 0 Å². The number of hydrogen-bond acceptors (Lipinski definition) is 3. The standard InChI is InChI=1S/C10H8BrN5/c1-15-6-7(4-13-15)16-9-5-12-3-2-8(9)10(11)14-16/h2-6H,1H3. The number of nitrogens with zero attached hydrogens (tertiary/aromatic N) is 5. The van der Waals surface area contributed by atoms with Crippen molar-refractivity contribution in [2.24, 2.45) is 7.05 Å². The highest BCUT2D eigenvalue weighted by molar-refractivity contribution is 9.10. The second-order valence-electron chi connectivity index (χ2n) is 3.47. The summed E-state index contributed by atoms with van der Waals surface area (Å²) in [6, 6.07) is 1.93. The third kappa shape index (κ3) is 1.34. The molecule has 0 saturated carbocycles. The van der Waals surface area contributed by atoms with Gasteiger partial charge in [0.05, 0.1) is 24.1 Å². The van der Waals surface area contributed by atoms with Gasteiger partial charge in [0.15, 0.2) is 0 Å². The Morgan fingerprint density at radius 1 is 1.31 bits per heavy atom. The molecule has 0 spiro atoms. The molecule has 0 radical (unpaired) electrons. The molecule has 16 heavy (non-hydrogen) atoms. The van der Waals surface area contributed by atoms with Crippen LogP contribution in [-0.2, 0) is 7.05 Å². The van der Waals surface area contributed by atoms with Crippen LogP contribution < -0.4 is 0 Å². The third-order valence-electron chi connectivity index (χ3n) is 2.37. The van der Waals surface area contributed by atoms with E-state index in [1.54, 1.807) is 23.3 Å². The average molecular weight is 278 g/mol. The van der Waals surface area contributed by atoms with Crippen LogP contribution >= 0.6 is 15.9 Å². The highest BCUT2D eigenvalue weighted by Gasteiger charge is 2.10. The predicted octanol–water partition coefficient (Wildman–Crippen LogP) is 1.92. The SMILES string of the molecule is Cn1cc(-n2nc(Br)c3ccncc32)cn1. The Kier molecular flexibility index (Phi) is 2.03. The number of hydrogen-bond donors (Lipinski definition) is 0. The first-order valence-electron chi connectivity index (χ1n) is 4.73. The Morgan fingerprint density at radius 2 is 2.19 bits per heavy atom. The maximum absolute atomic E-state index is 4.41. The molecule has 0 fully saturated rings. The zero-order chi connectivity index (χ0) is 11.1. The molecule has 3 rings (SSSR count). The van der Waals surface area contributed by atoms with E-state index < -0.39 is 0 Å². The van der Waals surface area contributed by atoms with E-state index in [0.29, 0.717) is 0 Å². The Hall–Kier alpha value is -1.69. The fourth-order valence-electron chi connectivity index (χ4n) is 1.64. The molecule has 0 saturated heterocycles. The molecule has 5 nitrogen and oxygen atoms in total. The van der Waals surface area contributed by atoms with Crippen LogP contribution in [0.2, 0.25) is 0 Å². The van der Waals surface area contributed by atoms with E-state index in [4.69, 9.17) is 0 Å². The van der Waals surface area contributed by atoms with E-state index in [9.17, 15) is 0 Å². The molecule has 0 atom stereocenters. The lowest BCUT2D eigenvalue weighted by Gasteiger charge is -1.97. The molecule has 3 heterocycles. The summed E-state index contributed by atoms with van der Waals surface area (Å²) in [5, 5.41) is 9.58. The van der Waals surface area contributed by atoms with Crippen LogP contribution in [0, 0.1) is 0 Å². The molecule has 0 N–H and O–H groups in total. The lowest BCUT2D eigenvalue weighted by molar-refractivity contribution is 0.766. The van der Waals surface area contributed by atoms with Gasteiger partial charge in [0, 0.05) is 18.6 Å². The first kappa shape index (κ1) is 9.53. The summed E-state index contributed by atoms with van der Waals surface area (Å²) in [6.45, 7) is 0. The number of fused-ring (bicyclic) bond motifs is 1. The summed E-state index contributed by atoms with van der Waals surface area (Å²) in [4.78, 5) is 4.11. The first-order chi connectivity index (χ1) is 7.75. The van der Waals surface area contributed by atoms with Gasteiger partial charge in [-0.05, 0) is 22.0 Å². The molecule has 0 aliphatic heterocycles. The summed E-state index contributed by atoms with van der Waals surface area (Å²) in [5.41, 5.74) is 1.88. The van der Waals surface area contributed by atoms with Gasteiger partial charge in [-0.25, -0.2) is 4.68 Å². The van der Waals surface area contributed by atoms with Gasteiger partial charge in [-0.2, -0.15) is 10.2 Å². The minimum Gasteiger partial charge on any atom is -0.274 e. The van der Waals surface area contributed by atoms with Gasteiger partial charge in [-0.15, -0.1) is 0 Å². The Labute approximate surface area is 99.8 Å². The zero-order valence-corrected chi connectivity index (χ0v) is 10.1. The van der Waals surface area contributed by atoms with Crippen molar-refractivity contribution in [1.29, 1.82) is 0 Å². The van der Waals surface area contributed by atoms with Gasteiger partial charge >= 0.3 is 0 Å². The quantitative estimate of drug-likeness (QED) is 0.683. The molecule has 0 aliphatic carbocycles. The highest BCUT2D eigenvalue weighted by atomic mass is 79.9. The molecular weight excluding hydrogens is 270 g/mol. The van der Waals surface area contributed by atoms with Crippen molar-refractivity contribution in [3.05, 3.63) is 35.5 Å². The minimum absolute atomic E-state index is 0.814. The van der Waals surface area contributed by atoms with Crippen molar-refractivity contribution in [2.75, 3.05) is 0 Å². The van der Waals surface area contributed by atoms with E-state index in [0.717, 1.165) is 21.2 Å². The molecule has 3 aromatic heterocycles. The zero-order valence-electron chi connectivity index (χ0n) is 8.50. The van der Waals surface area contributed by atoms with Gasteiger partial charge < -0.3 is 0 Å². The van der Waals surface area contributed by atoms with E-state index in [-0.39, 0.29) is 0 Å². The van der Waals surface area contributed by atoms with E-state index in [1.807, 2.05) is 24.0 Å². The van der Waals surface area contributed by atoms with E-state index in [1.165, 1.54) is 0 Å². The van der Waals surface area contributed by atoms with Crippen molar-refractivity contribution in [3.8, 4) is 5.69 Å². The van der Waals surface area contributed by atoms with Crippen LogP contribution in [0.15, 0.2) is 35.5 Å². The normalized spacial score (nSPS) is 11.1. The predicted molar refractivity (Wildman–Crippen MR) is 63.3 cm³/mol. The highest BCUT2D eigenvalue weighted by Crippen LogP contribution is 2.24. The first-order valence-corrected chi connectivity index (χ1v) is 5.52. The summed E-state index contributed by atoms with van der Waals surface area (Å²) < 4.78 is 4.38. The molecule has 0 bridgehead atoms. The molecule has 0 aliphatic rings. The molecule has 0 unspecified atom stereocenters. The van der Waals surface area contributed by atoms with Gasteiger partial charge in [0.1, 0.15) is 10.3 Å². The average Bonchev–Trinajstić information content (AvgIpc) is 2.84. The summed E-state index contributed by atoms with van der Waals surface area (Å²) >= 11 is 3.43. The molecular formula is C10H8BrN5. The van der Waals surface area contributed by atoms with Crippen LogP contribution in [0.3, 0.4) is 0 Å². The summed E-state index contributed by atoms with van der Waals surface area (Å²) in [7, 11) is 1.88. The second-order valence-corrected chi connectivity index (χ2v) is 4.22. The lowest BCUT2D eigenvalue weighted by atomic mass is 10.3. The van der Waals surface area contributed by atoms with Gasteiger partial charge in [0.25, 0.3) is 0 Å². The lowest BCUT2D eigenvalue weighted by Crippen LogP contribution is -1.94. The summed E-state index contributed by atoms with van der Waals surface area (Å²) in [5.74, 6) is 0. The smallest absolute Gasteiger partial charge is 0.136 e. The van der Waals surface area contributed by atoms with E-state index in [2.05, 4.69) is 31.1 Å². The molecule has 0 aromatic carbocycles. The number of halogens is 1. The van der Waals surface area contributed by atoms with Crippen LogP contribution in [0.25, 0.3) is 16.6 Å². The van der Waals surface area contributed by atoms with Gasteiger partial charge in [0.2, 0.25) is 0 Å². The van der Waals surface area contributed by atoms with E-state index >= 15 is 0 Å². The molecule has 3 aromatic rings. The molecule has 0 amide bonds. The maximum Gasteiger partial charge on any atom is 0.136 e. The van der Waals surface area contributed by atoms with Crippen LogP contribution in [0.5, 0.6) is 0 Å². The van der Waals surface area contributed by atoms with Crippen molar-refractivity contribution >= 4 is 26.8 Å². The van der Waals surface area contributed by atoms with Crippen LogP contribution in [0.1, 0.15) is 0 Å². The number of pyridine rings is 1. The van der Waals surface area contributed by atoms with Crippen molar-refractivity contribution in [1.82, 2.24) is 24.5 Å². The van der Waals surface area contributed by atoms with Crippen molar-refractivity contribution in [2.45, 2.75) is 0 Å². The topological polar surface area (TPSA) is 48.5 Å². The third-order valence-corrected chi connectivity index (χ3v) is 2.96.